The molecule has 0 saturated heterocycles. The van der Waals surface area contributed by atoms with Crippen molar-refractivity contribution in [2.24, 2.45) is 0 Å². The molecule has 0 aromatic heterocycles. The number of para-hydroxylation sites is 1. The van der Waals surface area contributed by atoms with Crippen LogP contribution in [0.4, 0.5) is 5.69 Å². The average molecular weight is 262 g/mol. The third kappa shape index (κ3) is 2.86. The molecule has 0 saturated carbocycles. The van der Waals surface area contributed by atoms with E-state index in [1.54, 1.807) is 0 Å². The lowest BCUT2D eigenvalue weighted by Crippen LogP contribution is -2.39. The summed E-state index contributed by atoms with van der Waals surface area (Å²) in [7, 11) is 0. The third-order valence-corrected chi connectivity index (χ3v) is 3.26. The third-order valence-electron chi connectivity index (χ3n) is 3.26. The highest BCUT2D eigenvalue weighted by atomic mass is 16.4. The molecule has 19 heavy (non-hydrogen) atoms. The zero-order valence-corrected chi connectivity index (χ0v) is 10.9. The molecule has 0 radical (unpaired) electrons. The Morgan fingerprint density at radius 1 is 1.42 bits per heavy atom. The van der Waals surface area contributed by atoms with Gasteiger partial charge in [-0.3, -0.25) is 9.59 Å². The molecule has 1 unspecified atom stereocenters. The Morgan fingerprint density at radius 2 is 2.16 bits per heavy atom. The second kappa shape index (κ2) is 5.73. The molecule has 1 atom stereocenters. The van der Waals surface area contributed by atoms with E-state index in [1.807, 2.05) is 31.2 Å². The van der Waals surface area contributed by atoms with E-state index in [0.717, 1.165) is 17.7 Å². The van der Waals surface area contributed by atoms with Crippen LogP contribution < -0.4 is 5.32 Å². The smallest absolute Gasteiger partial charge is 0.323 e. The van der Waals surface area contributed by atoms with Gasteiger partial charge >= 0.3 is 5.97 Å². The molecule has 5 nitrogen and oxygen atoms in total. The van der Waals surface area contributed by atoms with Gasteiger partial charge in [-0.25, -0.2) is 0 Å². The number of nitrogens with zero attached hydrogens (tertiary/aromatic N) is 1. The summed E-state index contributed by atoms with van der Waals surface area (Å²) in [5, 5.41) is 12.1. The molecule has 0 aliphatic carbocycles. The molecule has 0 bridgehead atoms. The summed E-state index contributed by atoms with van der Waals surface area (Å²) in [6, 6.07) is 7.67. The van der Waals surface area contributed by atoms with Crippen LogP contribution in [0, 0.1) is 0 Å². The van der Waals surface area contributed by atoms with Crippen LogP contribution in [0.5, 0.6) is 0 Å². The Bertz CT molecular complexity index is 487. The number of anilines is 1. The van der Waals surface area contributed by atoms with Gasteiger partial charge in [0.2, 0.25) is 5.91 Å². The van der Waals surface area contributed by atoms with E-state index >= 15 is 0 Å². The first-order valence-electron chi connectivity index (χ1n) is 6.47. The number of nitrogens with one attached hydrogen (secondary N) is 1. The number of benzene rings is 1. The van der Waals surface area contributed by atoms with Crippen LogP contribution >= 0.6 is 0 Å². The molecule has 1 amide bonds. The summed E-state index contributed by atoms with van der Waals surface area (Å²) in [6.07, 6.45) is 0.751. The number of hydrogen-bond acceptors (Lipinski definition) is 3. The highest BCUT2D eigenvalue weighted by Crippen LogP contribution is 2.32. The fraction of sp³-hybridized carbons (Fsp3) is 0.429. The molecule has 0 fully saturated rings. The number of hydrogen-bond donors (Lipinski definition) is 2. The van der Waals surface area contributed by atoms with Gasteiger partial charge in [0.25, 0.3) is 0 Å². The Kier molecular flexibility index (Phi) is 4.04. The Balaban J connectivity index is 2.17. The molecule has 1 aliphatic heterocycles. The van der Waals surface area contributed by atoms with Gasteiger partial charge in [0.05, 0.1) is 5.92 Å². The number of fused-ring (bicyclic) bond motifs is 1. The Morgan fingerprint density at radius 3 is 2.84 bits per heavy atom. The van der Waals surface area contributed by atoms with E-state index in [9.17, 15) is 9.59 Å². The van der Waals surface area contributed by atoms with Crippen molar-refractivity contribution in [1.82, 2.24) is 4.90 Å². The maximum absolute atomic E-state index is 12.5. The molecular weight excluding hydrogens is 244 g/mol. The first-order valence-corrected chi connectivity index (χ1v) is 6.47. The van der Waals surface area contributed by atoms with Gasteiger partial charge in [-0.15, -0.1) is 0 Å². The number of aliphatic carboxylic acids is 1. The van der Waals surface area contributed by atoms with Crippen molar-refractivity contribution in [3.05, 3.63) is 29.8 Å². The quantitative estimate of drug-likeness (QED) is 0.844. The largest absolute Gasteiger partial charge is 0.480 e. The number of carboxylic acid groups (broad SMARTS) is 1. The molecule has 102 valence electrons. The van der Waals surface area contributed by atoms with Crippen molar-refractivity contribution in [1.29, 1.82) is 0 Å². The first kappa shape index (κ1) is 13.4. The average Bonchev–Trinajstić information content (AvgIpc) is 2.80. The molecule has 1 aliphatic rings. The fourth-order valence-corrected chi connectivity index (χ4v) is 2.42. The standard InChI is InChI=1S/C14H18N2O3/c1-2-7-16(9-13(17)18)14(19)11-8-15-12-6-4-3-5-10(11)12/h3-6,11,15H,2,7-9H2,1H3,(H,17,18). The zero-order chi connectivity index (χ0) is 13.8. The molecule has 0 spiro atoms. The topological polar surface area (TPSA) is 69.6 Å². The van der Waals surface area contributed by atoms with Gasteiger partial charge in [-0.05, 0) is 18.1 Å². The second-order valence-corrected chi connectivity index (χ2v) is 4.67. The predicted octanol–water partition coefficient (Wildman–Crippen LogP) is 1.52. The second-order valence-electron chi connectivity index (χ2n) is 4.67. The first-order chi connectivity index (χ1) is 9.13. The molecule has 1 aromatic carbocycles. The normalized spacial score (nSPS) is 16.6. The van der Waals surface area contributed by atoms with E-state index in [0.29, 0.717) is 13.1 Å². The van der Waals surface area contributed by atoms with Crippen molar-refractivity contribution in [3.8, 4) is 0 Å². The Labute approximate surface area is 112 Å². The zero-order valence-electron chi connectivity index (χ0n) is 10.9. The number of carbonyl (C=O) groups excluding carboxylic acids is 1. The number of amides is 1. The van der Waals surface area contributed by atoms with Gasteiger partial charge in [-0.1, -0.05) is 25.1 Å². The lowest BCUT2D eigenvalue weighted by atomic mass is 10.00. The SMILES string of the molecule is CCCN(CC(=O)O)C(=O)C1CNc2ccccc21. The van der Waals surface area contributed by atoms with Crippen LogP contribution in [-0.4, -0.2) is 41.5 Å². The molecule has 1 heterocycles. The maximum atomic E-state index is 12.5. The van der Waals surface area contributed by atoms with E-state index in [-0.39, 0.29) is 18.4 Å². The van der Waals surface area contributed by atoms with Gasteiger partial charge in [0.1, 0.15) is 6.54 Å². The van der Waals surface area contributed by atoms with Crippen molar-refractivity contribution in [3.63, 3.8) is 0 Å². The minimum Gasteiger partial charge on any atom is -0.480 e. The van der Waals surface area contributed by atoms with Gasteiger partial charge in [0.15, 0.2) is 0 Å². The van der Waals surface area contributed by atoms with Crippen LogP contribution in [-0.2, 0) is 9.59 Å². The highest BCUT2D eigenvalue weighted by Gasteiger charge is 2.31. The number of rotatable bonds is 5. The lowest BCUT2D eigenvalue weighted by molar-refractivity contribution is -0.144. The Hall–Kier alpha value is -2.04. The van der Waals surface area contributed by atoms with E-state index in [4.69, 9.17) is 5.11 Å². The van der Waals surface area contributed by atoms with Crippen molar-refractivity contribution < 1.29 is 14.7 Å². The number of carbonyl (C=O) groups is 2. The highest BCUT2D eigenvalue weighted by molar-refractivity contribution is 5.90. The van der Waals surface area contributed by atoms with Crippen LogP contribution in [0.25, 0.3) is 0 Å². The van der Waals surface area contributed by atoms with Crippen molar-refractivity contribution in [2.75, 3.05) is 25.0 Å². The molecule has 2 N–H and O–H groups in total. The summed E-state index contributed by atoms with van der Waals surface area (Å²) >= 11 is 0. The monoisotopic (exact) mass is 262 g/mol. The molecular formula is C14H18N2O3. The summed E-state index contributed by atoms with van der Waals surface area (Å²) in [5.74, 6) is -1.36. The van der Waals surface area contributed by atoms with Gasteiger partial charge in [0, 0.05) is 18.8 Å². The number of carboxylic acids is 1. The fourth-order valence-electron chi connectivity index (χ4n) is 2.42. The summed E-state index contributed by atoms with van der Waals surface area (Å²) in [4.78, 5) is 24.7. The van der Waals surface area contributed by atoms with E-state index in [1.165, 1.54) is 4.90 Å². The van der Waals surface area contributed by atoms with Gasteiger partial charge in [-0.2, -0.15) is 0 Å². The van der Waals surface area contributed by atoms with Gasteiger partial charge < -0.3 is 15.3 Å². The van der Waals surface area contributed by atoms with E-state index in [2.05, 4.69) is 5.32 Å². The molecule has 2 rings (SSSR count). The van der Waals surface area contributed by atoms with Crippen LogP contribution in [0.15, 0.2) is 24.3 Å². The predicted molar refractivity (Wildman–Crippen MR) is 72.2 cm³/mol. The maximum Gasteiger partial charge on any atom is 0.323 e. The summed E-state index contributed by atoms with van der Waals surface area (Å²) in [6.45, 7) is 2.72. The lowest BCUT2D eigenvalue weighted by Gasteiger charge is -2.23. The van der Waals surface area contributed by atoms with Crippen molar-refractivity contribution in [2.45, 2.75) is 19.3 Å². The molecule has 1 aromatic rings. The summed E-state index contributed by atoms with van der Waals surface area (Å²) in [5.41, 5.74) is 1.92. The van der Waals surface area contributed by atoms with Crippen LogP contribution in [0.1, 0.15) is 24.8 Å². The summed E-state index contributed by atoms with van der Waals surface area (Å²) < 4.78 is 0. The minimum absolute atomic E-state index is 0.110. The molecule has 5 heteroatoms. The van der Waals surface area contributed by atoms with E-state index < -0.39 is 5.97 Å². The van der Waals surface area contributed by atoms with Crippen molar-refractivity contribution >= 4 is 17.6 Å². The van der Waals surface area contributed by atoms with Crippen LogP contribution in [0.3, 0.4) is 0 Å². The van der Waals surface area contributed by atoms with Crippen LogP contribution in [0.2, 0.25) is 0 Å². The minimum atomic E-state index is -0.971.